The summed E-state index contributed by atoms with van der Waals surface area (Å²) in [4.78, 5) is 12.0. The second kappa shape index (κ2) is 7.18. The molecule has 1 amide bonds. The lowest BCUT2D eigenvalue weighted by Gasteiger charge is -2.64. The van der Waals surface area contributed by atoms with Gasteiger partial charge in [-0.05, 0) is 62.7 Å². The molecule has 4 fully saturated rings. The average molecular weight is 351 g/mol. The van der Waals surface area contributed by atoms with Crippen molar-refractivity contribution in [1.29, 1.82) is 0 Å². The number of rotatable bonds is 8. The van der Waals surface area contributed by atoms with Gasteiger partial charge in [0.05, 0.1) is 17.7 Å². The number of nitrogens with one attached hydrogen (secondary N) is 1. The molecule has 3 saturated carbocycles. The van der Waals surface area contributed by atoms with Gasteiger partial charge in [-0.1, -0.05) is 20.3 Å². The van der Waals surface area contributed by atoms with Crippen LogP contribution >= 0.6 is 0 Å². The molecule has 1 saturated heterocycles. The summed E-state index contributed by atoms with van der Waals surface area (Å²) in [5, 5.41) is 2.91. The van der Waals surface area contributed by atoms with Crippen LogP contribution in [0.15, 0.2) is 0 Å². The zero-order valence-corrected chi connectivity index (χ0v) is 15.9. The fourth-order valence-corrected chi connectivity index (χ4v) is 5.16. The van der Waals surface area contributed by atoms with Crippen molar-refractivity contribution in [2.75, 3.05) is 13.1 Å². The third-order valence-corrected chi connectivity index (χ3v) is 6.99. The van der Waals surface area contributed by atoms with Crippen LogP contribution in [0.2, 0.25) is 6.32 Å². The van der Waals surface area contributed by atoms with Crippen LogP contribution in [0.1, 0.15) is 52.9 Å². The Labute approximate surface area is 151 Å². The van der Waals surface area contributed by atoms with Crippen molar-refractivity contribution in [2.45, 2.75) is 76.9 Å². The number of nitrogens with two attached hydrogens (primary N) is 2. The molecule has 3 unspecified atom stereocenters. The number of carbonyl (C=O) groups excluding carboxylic acids is 1. The first-order valence-corrected chi connectivity index (χ1v) is 9.85. The molecule has 25 heavy (non-hydrogen) atoms. The minimum Gasteiger partial charge on any atom is -0.405 e. The fraction of sp³-hybridized carbons (Fsp3) is 0.944. The maximum absolute atomic E-state index is 12.0. The SMILES string of the molecule is CC1(C)C2CC3OB(CCNC(=O)[C@@H](N)CCCCN)O[C@]3(C)C1C2. The zero-order chi connectivity index (χ0) is 18.2. The van der Waals surface area contributed by atoms with E-state index < -0.39 is 6.04 Å². The molecule has 0 radical (unpaired) electrons. The topological polar surface area (TPSA) is 99.6 Å². The Bertz CT molecular complexity index is 504. The predicted molar refractivity (Wildman–Crippen MR) is 98.8 cm³/mol. The third-order valence-electron chi connectivity index (χ3n) is 6.99. The first-order chi connectivity index (χ1) is 11.8. The molecule has 2 bridgehead atoms. The second-order valence-corrected chi connectivity index (χ2v) is 8.87. The maximum Gasteiger partial charge on any atom is 0.459 e. The molecule has 0 spiro atoms. The standard InChI is InChI=1S/C18H34BN3O3/c1-17(2)12-10-14(17)18(3)15(11-12)24-19(25-18)7-9-22-16(23)13(21)6-4-5-8-20/h12-15H,4-11,20-21H2,1-3H3,(H,22,23)/t12?,13-,14?,15?,18+/m0/s1. The molecule has 0 aromatic rings. The summed E-state index contributed by atoms with van der Waals surface area (Å²) in [5.74, 6) is 1.23. The minimum absolute atomic E-state index is 0.0953. The van der Waals surface area contributed by atoms with Crippen LogP contribution in [0.4, 0.5) is 0 Å². The number of hydrogen-bond donors (Lipinski definition) is 3. The summed E-state index contributed by atoms with van der Waals surface area (Å²) >= 11 is 0. The summed E-state index contributed by atoms with van der Waals surface area (Å²) in [5.41, 5.74) is 11.5. The van der Waals surface area contributed by atoms with E-state index in [2.05, 4.69) is 26.1 Å². The Morgan fingerprint density at radius 3 is 2.76 bits per heavy atom. The van der Waals surface area contributed by atoms with E-state index in [1.54, 1.807) is 0 Å². The lowest BCUT2D eigenvalue weighted by Crippen LogP contribution is -2.65. The Kier molecular flexibility index (Phi) is 5.50. The Hall–Kier alpha value is -0.625. The van der Waals surface area contributed by atoms with E-state index in [-0.39, 0.29) is 24.7 Å². The molecule has 6 nitrogen and oxygen atoms in total. The number of carbonyl (C=O) groups is 1. The fourth-order valence-electron chi connectivity index (χ4n) is 5.16. The predicted octanol–water partition coefficient (Wildman–Crippen LogP) is 1.29. The second-order valence-electron chi connectivity index (χ2n) is 8.87. The molecule has 0 aromatic heterocycles. The van der Waals surface area contributed by atoms with Crippen LogP contribution in [0, 0.1) is 17.3 Å². The normalized spacial score (nSPS) is 36.5. The van der Waals surface area contributed by atoms with Gasteiger partial charge in [-0.15, -0.1) is 0 Å². The highest BCUT2D eigenvalue weighted by atomic mass is 16.7. The van der Waals surface area contributed by atoms with Crippen LogP contribution in [-0.2, 0) is 14.1 Å². The Balaban J connectivity index is 1.41. The summed E-state index contributed by atoms with van der Waals surface area (Å²) in [6.07, 6.45) is 5.69. The Morgan fingerprint density at radius 2 is 2.08 bits per heavy atom. The summed E-state index contributed by atoms with van der Waals surface area (Å²) in [6.45, 7) is 8.11. The van der Waals surface area contributed by atoms with Gasteiger partial charge in [0, 0.05) is 6.54 Å². The number of amides is 1. The molecular weight excluding hydrogens is 317 g/mol. The number of unbranched alkanes of at least 4 members (excludes halogenated alkanes) is 1. The van der Waals surface area contributed by atoms with Gasteiger partial charge in [-0.3, -0.25) is 4.79 Å². The third kappa shape index (κ3) is 3.48. The molecule has 4 rings (SSSR count). The smallest absolute Gasteiger partial charge is 0.405 e. The van der Waals surface area contributed by atoms with Gasteiger partial charge < -0.3 is 26.1 Å². The van der Waals surface area contributed by atoms with E-state index in [1.165, 1.54) is 6.42 Å². The monoisotopic (exact) mass is 351 g/mol. The van der Waals surface area contributed by atoms with Crippen molar-refractivity contribution in [2.24, 2.45) is 28.7 Å². The van der Waals surface area contributed by atoms with Gasteiger partial charge in [0.15, 0.2) is 0 Å². The highest BCUT2D eigenvalue weighted by Crippen LogP contribution is 2.65. The van der Waals surface area contributed by atoms with E-state index in [9.17, 15) is 4.79 Å². The van der Waals surface area contributed by atoms with Gasteiger partial charge in [0.25, 0.3) is 0 Å². The van der Waals surface area contributed by atoms with Gasteiger partial charge in [0.1, 0.15) is 0 Å². The van der Waals surface area contributed by atoms with Crippen molar-refractivity contribution < 1.29 is 14.1 Å². The first-order valence-electron chi connectivity index (χ1n) is 9.85. The molecule has 4 aliphatic rings. The van der Waals surface area contributed by atoms with E-state index in [1.807, 2.05) is 0 Å². The van der Waals surface area contributed by atoms with E-state index in [0.29, 0.717) is 37.2 Å². The zero-order valence-electron chi connectivity index (χ0n) is 15.9. The molecular formula is C18H34BN3O3. The minimum atomic E-state index is -0.454. The average Bonchev–Trinajstić information content (AvgIpc) is 2.90. The van der Waals surface area contributed by atoms with Gasteiger partial charge in [0.2, 0.25) is 5.91 Å². The summed E-state index contributed by atoms with van der Waals surface area (Å²) in [7, 11) is -0.223. The first kappa shape index (κ1) is 19.1. The number of hydrogen-bond acceptors (Lipinski definition) is 5. The van der Waals surface area contributed by atoms with Crippen LogP contribution in [0.3, 0.4) is 0 Å². The molecule has 142 valence electrons. The van der Waals surface area contributed by atoms with Crippen molar-refractivity contribution >= 4 is 13.0 Å². The van der Waals surface area contributed by atoms with Crippen LogP contribution < -0.4 is 16.8 Å². The molecule has 5 atom stereocenters. The summed E-state index contributed by atoms with van der Waals surface area (Å²) < 4.78 is 12.5. The highest BCUT2D eigenvalue weighted by molar-refractivity contribution is 6.45. The van der Waals surface area contributed by atoms with Crippen molar-refractivity contribution in [1.82, 2.24) is 5.32 Å². The van der Waals surface area contributed by atoms with Crippen LogP contribution in [-0.4, -0.2) is 43.9 Å². The quantitative estimate of drug-likeness (QED) is 0.452. The van der Waals surface area contributed by atoms with Crippen LogP contribution in [0.5, 0.6) is 0 Å². The summed E-state index contributed by atoms with van der Waals surface area (Å²) in [6, 6.07) is -0.454. The molecule has 3 aliphatic carbocycles. The van der Waals surface area contributed by atoms with Crippen molar-refractivity contribution in [3.8, 4) is 0 Å². The maximum atomic E-state index is 12.0. The van der Waals surface area contributed by atoms with Crippen molar-refractivity contribution in [3.63, 3.8) is 0 Å². The van der Waals surface area contributed by atoms with Crippen molar-refractivity contribution in [3.05, 3.63) is 0 Å². The Morgan fingerprint density at radius 1 is 1.32 bits per heavy atom. The molecule has 1 heterocycles. The molecule has 5 N–H and O–H groups in total. The molecule has 7 heteroatoms. The van der Waals surface area contributed by atoms with Gasteiger partial charge in [-0.2, -0.15) is 0 Å². The molecule has 0 aromatic carbocycles. The van der Waals surface area contributed by atoms with E-state index in [4.69, 9.17) is 20.8 Å². The molecule has 1 aliphatic heterocycles. The van der Waals surface area contributed by atoms with Gasteiger partial charge >= 0.3 is 7.12 Å². The lowest BCUT2D eigenvalue weighted by molar-refractivity contribution is -0.199. The van der Waals surface area contributed by atoms with E-state index in [0.717, 1.165) is 25.2 Å². The lowest BCUT2D eigenvalue weighted by atomic mass is 9.43. The largest absolute Gasteiger partial charge is 0.459 e. The highest BCUT2D eigenvalue weighted by Gasteiger charge is 2.67. The van der Waals surface area contributed by atoms with E-state index >= 15 is 0 Å². The van der Waals surface area contributed by atoms with Crippen LogP contribution in [0.25, 0.3) is 0 Å². The van der Waals surface area contributed by atoms with Gasteiger partial charge in [-0.25, -0.2) is 0 Å².